The first kappa shape index (κ1) is 9.13. The Bertz CT molecular complexity index is 148. The molecule has 0 atom stereocenters. The first-order valence-corrected chi connectivity index (χ1v) is 2.81. The maximum absolute atomic E-state index is 10.0. The zero-order valence-electron chi connectivity index (χ0n) is 5.61. The van der Waals surface area contributed by atoms with Crippen LogP contribution in [0.15, 0.2) is 11.6 Å². The molecule has 0 aromatic heterocycles. The Morgan fingerprint density at radius 3 is 2.20 bits per heavy atom. The van der Waals surface area contributed by atoms with Crippen LogP contribution in [0.1, 0.15) is 13.3 Å². The zero-order valence-corrected chi connectivity index (χ0v) is 5.61. The second kappa shape index (κ2) is 4.03. The fourth-order valence-corrected chi connectivity index (χ4v) is 0.517. The van der Waals surface area contributed by atoms with E-state index in [2.05, 4.69) is 0 Å². The molecule has 0 bridgehead atoms. The molecule has 4 heteroatoms. The van der Waals surface area contributed by atoms with Crippen molar-refractivity contribution in [3.8, 4) is 0 Å². The molecule has 0 fully saturated rings. The van der Waals surface area contributed by atoms with Gasteiger partial charge < -0.3 is 15.3 Å². The molecular formula is C6H10O4. The molecule has 0 aliphatic rings. The maximum atomic E-state index is 10.0. The first-order chi connectivity index (χ1) is 4.57. The van der Waals surface area contributed by atoms with Crippen LogP contribution in [0.5, 0.6) is 0 Å². The largest absolute Gasteiger partial charge is 0.481 e. The molecule has 0 heterocycles. The molecule has 3 N–H and O–H groups in total. The second-order valence-electron chi connectivity index (χ2n) is 1.81. The quantitative estimate of drug-likeness (QED) is 0.378. The molecule has 0 aromatic rings. The highest BCUT2D eigenvalue weighted by Gasteiger charge is 2.08. The lowest BCUT2D eigenvalue weighted by atomic mass is 10.2. The molecule has 4 nitrogen and oxygen atoms in total. The summed E-state index contributed by atoms with van der Waals surface area (Å²) in [6.07, 6.45) is -0.603. The monoisotopic (exact) mass is 146 g/mol. The third-order valence-corrected chi connectivity index (χ3v) is 1.06. The summed E-state index contributed by atoms with van der Waals surface area (Å²) in [7, 11) is 0. The highest BCUT2D eigenvalue weighted by molar-refractivity contribution is 5.70. The van der Waals surface area contributed by atoms with Crippen molar-refractivity contribution in [2.45, 2.75) is 19.6 Å². The number of rotatable bonds is 3. The molecule has 0 aliphatic carbocycles. The molecule has 58 valence electrons. The molecule has 0 rings (SSSR count). The molecular weight excluding hydrogens is 136 g/mol. The van der Waals surface area contributed by atoms with Gasteiger partial charge in [-0.05, 0) is 12.5 Å². The van der Waals surface area contributed by atoms with E-state index in [4.69, 9.17) is 15.3 Å². The Morgan fingerprint density at radius 2 is 2.10 bits per heavy atom. The van der Waals surface area contributed by atoms with E-state index in [1.54, 1.807) is 6.92 Å². The van der Waals surface area contributed by atoms with Crippen LogP contribution in [0.4, 0.5) is 0 Å². The summed E-state index contributed by atoms with van der Waals surface area (Å²) in [5.41, 5.74) is 0.104. The van der Waals surface area contributed by atoms with E-state index in [9.17, 15) is 4.79 Å². The minimum absolute atomic E-state index is 0.104. The van der Waals surface area contributed by atoms with E-state index in [0.717, 1.165) is 0 Å². The summed E-state index contributed by atoms with van der Waals surface area (Å²) >= 11 is 0. The Labute approximate surface area is 58.4 Å². The molecule has 0 amide bonds. The molecule has 0 aromatic carbocycles. The van der Waals surface area contributed by atoms with Crippen LogP contribution in [0.2, 0.25) is 0 Å². The summed E-state index contributed by atoms with van der Waals surface area (Å²) in [4.78, 5) is 10.0. The maximum Gasteiger partial charge on any atom is 0.307 e. The number of carboxylic acids is 1. The number of aliphatic hydroxyl groups is 2. The van der Waals surface area contributed by atoms with Crippen LogP contribution in [0.25, 0.3) is 0 Å². The van der Waals surface area contributed by atoms with Gasteiger partial charge in [-0.3, -0.25) is 4.79 Å². The standard InChI is InChI=1S/C6H10O4/c1-2-4(6(9)10)3-5(7)8/h2,6,9-10H,3H2,1H3,(H,7,8). The zero-order chi connectivity index (χ0) is 8.15. The first-order valence-electron chi connectivity index (χ1n) is 2.81. The van der Waals surface area contributed by atoms with Crippen LogP contribution in [0.3, 0.4) is 0 Å². The number of aliphatic carboxylic acids is 1. The van der Waals surface area contributed by atoms with Crippen molar-refractivity contribution in [2.24, 2.45) is 0 Å². The topological polar surface area (TPSA) is 77.8 Å². The number of hydrogen-bond donors (Lipinski definition) is 3. The van der Waals surface area contributed by atoms with E-state index < -0.39 is 12.3 Å². The Hall–Kier alpha value is -0.870. The average molecular weight is 146 g/mol. The van der Waals surface area contributed by atoms with E-state index >= 15 is 0 Å². The Balaban J connectivity index is 3.99. The van der Waals surface area contributed by atoms with Crippen LogP contribution in [-0.4, -0.2) is 27.6 Å². The van der Waals surface area contributed by atoms with Gasteiger partial charge in [0, 0.05) is 0 Å². The van der Waals surface area contributed by atoms with E-state index in [-0.39, 0.29) is 12.0 Å². The lowest BCUT2D eigenvalue weighted by Gasteiger charge is -2.04. The van der Waals surface area contributed by atoms with Gasteiger partial charge in [0.15, 0.2) is 6.29 Å². The lowest BCUT2D eigenvalue weighted by Crippen LogP contribution is -2.11. The molecule has 0 unspecified atom stereocenters. The normalized spacial score (nSPS) is 12.2. The third kappa shape index (κ3) is 3.21. The third-order valence-electron chi connectivity index (χ3n) is 1.06. The highest BCUT2D eigenvalue weighted by atomic mass is 16.5. The van der Waals surface area contributed by atoms with Crippen molar-refractivity contribution in [2.75, 3.05) is 0 Å². The van der Waals surface area contributed by atoms with Gasteiger partial charge in [0.1, 0.15) is 0 Å². The fourth-order valence-electron chi connectivity index (χ4n) is 0.517. The number of carboxylic acid groups (broad SMARTS) is 1. The minimum atomic E-state index is -1.65. The second-order valence-corrected chi connectivity index (χ2v) is 1.81. The number of hydrogen-bond acceptors (Lipinski definition) is 3. The van der Waals surface area contributed by atoms with Crippen molar-refractivity contribution >= 4 is 5.97 Å². The summed E-state index contributed by atoms with van der Waals surface area (Å²) in [5, 5.41) is 25.2. The summed E-state index contributed by atoms with van der Waals surface area (Å²) in [5.74, 6) is -1.07. The Morgan fingerprint density at radius 1 is 1.60 bits per heavy atom. The molecule has 0 aliphatic heterocycles. The summed E-state index contributed by atoms with van der Waals surface area (Å²) in [6, 6.07) is 0. The van der Waals surface area contributed by atoms with Crippen LogP contribution in [-0.2, 0) is 4.79 Å². The number of allylic oxidation sites excluding steroid dienone is 1. The SMILES string of the molecule is CC=C(CC(=O)O)C(O)O. The van der Waals surface area contributed by atoms with Gasteiger partial charge in [0.25, 0.3) is 0 Å². The Kier molecular flexibility index (Phi) is 3.68. The summed E-state index contributed by atoms with van der Waals surface area (Å²) in [6.45, 7) is 1.55. The van der Waals surface area contributed by atoms with Crippen molar-refractivity contribution in [1.29, 1.82) is 0 Å². The fraction of sp³-hybridized carbons (Fsp3) is 0.500. The summed E-state index contributed by atoms with van der Waals surface area (Å²) < 4.78 is 0. The van der Waals surface area contributed by atoms with Gasteiger partial charge in [-0.15, -0.1) is 0 Å². The van der Waals surface area contributed by atoms with Gasteiger partial charge in [0.05, 0.1) is 6.42 Å². The average Bonchev–Trinajstić information content (AvgIpc) is 1.81. The molecule has 10 heavy (non-hydrogen) atoms. The lowest BCUT2D eigenvalue weighted by molar-refractivity contribution is -0.137. The van der Waals surface area contributed by atoms with Crippen molar-refractivity contribution < 1.29 is 20.1 Å². The minimum Gasteiger partial charge on any atom is -0.481 e. The van der Waals surface area contributed by atoms with Crippen LogP contribution >= 0.6 is 0 Å². The molecule has 0 spiro atoms. The van der Waals surface area contributed by atoms with Crippen LogP contribution in [0, 0.1) is 0 Å². The highest BCUT2D eigenvalue weighted by Crippen LogP contribution is 2.04. The van der Waals surface area contributed by atoms with Gasteiger partial charge in [-0.1, -0.05) is 6.08 Å². The van der Waals surface area contributed by atoms with Crippen molar-refractivity contribution in [3.05, 3.63) is 11.6 Å². The predicted molar refractivity (Wildman–Crippen MR) is 34.2 cm³/mol. The van der Waals surface area contributed by atoms with Crippen molar-refractivity contribution in [1.82, 2.24) is 0 Å². The van der Waals surface area contributed by atoms with E-state index in [0.29, 0.717) is 0 Å². The number of aliphatic hydroxyl groups excluding tert-OH is 1. The van der Waals surface area contributed by atoms with E-state index in [1.807, 2.05) is 0 Å². The van der Waals surface area contributed by atoms with Gasteiger partial charge >= 0.3 is 5.97 Å². The smallest absolute Gasteiger partial charge is 0.307 e. The van der Waals surface area contributed by atoms with Gasteiger partial charge in [-0.2, -0.15) is 0 Å². The predicted octanol–water partition coefficient (Wildman–Crippen LogP) is -0.282. The molecule has 0 radical (unpaired) electrons. The number of carbonyl (C=O) groups is 1. The van der Waals surface area contributed by atoms with Gasteiger partial charge in [-0.25, -0.2) is 0 Å². The van der Waals surface area contributed by atoms with E-state index in [1.165, 1.54) is 6.08 Å². The van der Waals surface area contributed by atoms with Crippen LogP contribution < -0.4 is 0 Å². The van der Waals surface area contributed by atoms with Gasteiger partial charge in [0.2, 0.25) is 0 Å². The molecule has 0 saturated carbocycles. The van der Waals surface area contributed by atoms with Crippen molar-refractivity contribution in [3.63, 3.8) is 0 Å². The molecule has 0 saturated heterocycles.